The Kier molecular flexibility index (Phi) is 8.10. The zero-order chi connectivity index (χ0) is 17.1. The monoisotopic (exact) mass is 331 g/mol. The van der Waals surface area contributed by atoms with E-state index in [1.54, 1.807) is 0 Å². The Labute approximate surface area is 147 Å². The van der Waals surface area contributed by atoms with Crippen molar-refractivity contribution in [3.05, 3.63) is 35.9 Å². The smallest absolute Gasteiger partial charge is 0.191 e. The molecule has 4 nitrogen and oxygen atoms in total. The molecular weight excluding hydrogens is 298 g/mol. The molecular formula is C20H33N3O. The molecule has 24 heavy (non-hydrogen) atoms. The van der Waals surface area contributed by atoms with Crippen LogP contribution in [-0.2, 0) is 10.2 Å². The van der Waals surface area contributed by atoms with E-state index in [1.807, 2.05) is 7.05 Å². The van der Waals surface area contributed by atoms with Gasteiger partial charge in [0.05, 0.1) is 0 Å². The average molecular weight is 332 g/mol. The van der Waals surface area contributed by atoms with Crippen LogP contribution < -0.4 is 10.6 Å². The summed E-state index contributed by atoms with van der Waals surface area (Å²) in [6.45, 7) is 5.79. The van der Waals surface area contributed by atoms with Crippen molar-refractivity contribution in [3.8, 4) is 0 Å². The van der Waals surface area contributed by atoms with E-state index < -0.39 is 0 Å². The molecule has 4 heteroatoms. The predicted molar refractivity (Wildman–Crippen MR) is 102 cm³/mol. The highest BCUT2D eigenvalue weighted by molar-refractivity contribution is 5.79. The number of nitrogens with zero attached hydrogens (tertiary/aromatic N) is 1. The molecule has 134 valence electrons. The first-order valence-electron chi connectivity index (χ1n) is 9.38. The summed E-state index contributed by atoms with van der Waals surface area (Å²) in [4.78, 5) is 4.38. The predicted octanol–water partition coefficient (Wildman–Crippen LogP) is 3.48. The fourth-order valence-corrected chi connectivity index (χ4v) is 3.35. The van der Waals surface area contributed by atoms with E-state index in [9.17, 15) is 0 Å². The van der Waals surface area contributed by atoms with E-state index >= 15 is 0 Å². The molecule has 1 heterocycles. The Morgan fingerprint density at radius 2 is 1.83 bits per heavy atom. The molecule has 1 aromatic rings. The summed E-state index contributed by atoms with van der Waals surface area (Å²) in [6.07, 6.45) is 7.17. The van der Waals surface area contributed by atoms with Crippen LogP contribution in [0.5, 0.6) is 0 Å². The highest BCUT2D eigenvalue weighted by Gasteiger charge is 2.34. The van der Waals surface area contributed by atoms with Crippen molar-refractivity contribution in [1.82, 2.24) is 10.6 Å². The minimum atomic E-state index is 0.138. The van der Waals surface area contributed by atoms with Crippen molar-refractivity contribution in [1.29, 1.82) is 0 Å². The Balaban J connectivity index is 1.90. The Hall–Kier alpha value is -1.55. The van der Waals surface area contributed by atoms with Crippen molar-refractivity contribution < 1.29 is 4.74 Å². The third-order valence-corrected chi connectivity index (χ3v) is 4.98. The van der Waals surface area contributed by atoms with Crippen LogP contribution in [-0.4, -0.2) is 39.3 Å². The molecule has 0 aromatic heterocycles. The molecule has 0 atom stereocenters. The summed E-state index contributed by atoms with van der Waals surface area (Å²) in [5, 5.41) is 7.00. The normalized spacial score (nSPS) is 17.5. The van der Waals surface area contributed by atoms with Gasteiger partial charge >= 0.3 is 0 Å². The largest absolute Gasteiger partial charge is 0.381 e. The third-order valence-electron chi connectivity index (χ3n) is 4.98. The van der Waals surface area contributed by atoms with E-state index in [2.05, 4.69) is 52.9 Å². The zero-order valence-corrected chi connectivity index (χ0v) is 15.3. The van der Waals surface area contributed by atoms with Gasteiger partial charge < -0.3 is 15.4 Å². The first-order valence-corrected chi connectivity index (χ1v) is 9.38. The SMILES string of the molecule is CCCCCCNC(=NC)NCC1(c2ccccc2)CCOCC1. The van der Waals surface area contributed by atoms with Crippen LogP contribution in [0.4, 0.5) is 0 Å². The van der Waals surface area contributed by atoms with Crippen molar-refractivity contribution in [2.75, 3.05) is 33.4 Å². The van der Waals surface area contributed by atoms with Gasteiger partial charge in [0.2, 0.25) is 0 Å². The van der Waals surface area contributed by atoms with Crippen molar-refractivity contribution in [2.24, 2.45) is 4.99 Å². The zero-order valence-electron chi connectivity index (χ0n) is 15.3. The molecule has 2 rings (SSSR count). The number of ether oxygens (including phenoxy) is 1. The number of rotatable bonds is 8. The number of nitrogens with one attached hydrogen (secondary N) is 2. The second-order valence-corrected chi connectivity index (χ2v) is 6.67. The molecule has 0 saturated carbocycles. The van der Waals surface area contributed by atoms with Gasteiger partial charge in [0.15, 0.2) is 5.96 Å². The minimum absolute atomic E-state index is 0.138. The summed E-state index contributed by atoms with van der Waals surface area (Å²) < 4.78 is 5.61. The van der Waals surface area contributed by atoms with Crippen LogP contribution in [0.1, 0.15) is 51.0 Å². The number of hydrogen-bond acceptors (Lipinski definition) is 2. The molecule has 1 aromatic carbocycles. The molecule has 1 fully saturated rings. The van der Waals surface area contributed by atoms with Crippen LogP contribution in [0.25, 0.3) is 0 Å². The van der Waals surface area contributed by atoms with Crippen LogP contribution >= 0.6 is 0 Å². The lowest BCUT2D eigenvalue weighted by molar-refractivity contribution is 0.0514. The molecule has 0 unspecified atom stereocenters. The topological polar surface area (TPSA) is 45.7 Å². The molecule has 0 amide bonds. The number of aliphatic imine (C=N–C) groups is 1. The summed E-state index contributed by atoms with van der Waals surface area (Å²) in [5.74, 6) is 0.910. The molecule has 1 aliphatic heterocycles. The summed E-state index contributed by atoms with van der Waals surface area (Å²) >= 11 is 0. The number of unbranched alkanes of at least 4 members (excludes halogenated alkanes) is 3. The van der Waals surface area contributed by atoms with E-state index in [1.165, 1.54) is 31.2 Å². The van der Waals surface area contributed by atoms with E-state index in [0.717, 1.165) is 45.1 Å². The first-order chi connectivity index (χ1) is 11.8. The number of hydrogen-bond donors (Lipinski definition) is 2. The van der Waals surface area contributed by atoms with Gasteiger partial charge in [-0.25, -0.2) is 0 Å². The van der Waals surface area contributed by atoms with Gasteiger partial charge in [-0.15, -0.1) is 0 Å². The highest BCUT2D eigenvalue weighted by Crippen LogP contribution is 2.34. The third kappa shape index (κ3) is 5.52. The number of guanidine groups is 1. The Bertz CT molecular complexity index is 481. The molecule has 0 radical (unpaired) electrons. The average Bonchev–Trinajstić information content (AvgIpc) is 2.65. The van der Waals surface area contributed by atoms with E-state index in [4.69, 9.17) is 4.74 Å². The maximum atomic E-state index is 5.61. The summed E-state index contributed by atoms with van der Waals surface area (Å²) in [7, 11) is 1.85. The van der Waals surface area contributed by atoms with Crippen molar-refractivity contribution in [2.45, 2.75) is 50.9 Å². The molecule has 0 bridgehead atoms. The quantitative estimate of drug-likeness (QED) is 0.435. The van der Waals surface area contributed by atoms with Crippen LogP contribution in [0, 0.1) is 0 Å². The molecule has 0 aliphatic carbocycles. The lowest BCUT2D eigenvalue weighted by Crippen LogP contribution is -2.48. The molecule has 1 saturated heterocycles. The lowest BCUT2D eigenvalue weighted by Gasteiger charge is -2.38. The Morgan fingerprint density at radius 1 is 1.08 bits per heavy atom. The lowest BCUT2D eigenvalue weighted by atomic mass is 9.74. The molecule has 1 aliphatic rings. The van der Waals surface area contributed by atoms with Gasteiger partial charge in [-0.2, -0.15) is 0 Å². The fourth-order valence-electron chi connectivity index (χ4n) is 3.35. The maximum absolute atomic E-state index is 5.61. The van der Waals surface area contributed by atoms with Crippen molar-refractivity contribution in [3.63, 3.8) is 0 Å². The van der Waals surface area contributed by atoms with E-state index in [-0.39, 0.29) is 5.41 Å². The van der Waals surface area contributed by atoms with Crippen LogP contribution in [0.15, 0.2) is 35.3 Å². The highest BCUT2D eigenvalue weighted by atomic mass is 16.5. The van der Waals surface area contributed by atoms with Gasteiger partial charge in [-0.1, -0.05) is 56.5 Å². The van der Waals surface area contributed by atoms with Crippen LogP contribution in [0.2, 0.25) is 0 Å². The van der Waals surface area contributed by atoms with Gasteiger partial charge in [0.25, 0.3) is 0 Å². The summed E-state index contributed by atoms with van der Waals surface area (Å²) in [5.41, 5.74) is 1.54. The van der Waals surface area contributed by atoms with Gasteiger partial charge in [-0.05, 0) is 24.8 Å². The summed E-state index contributed by atoms with van der Waals surface area (Å²) in [6, 6.07) is 10.8. The fraction of sp³-hybridized carbons (Fsp3) is 0.650. The first kappa shape index (κ1) is 18.8. The molecule has 0 spiro atoms. The van der Waals surface area contributed by atoms with Crippen LogP contribution in [0.3, 0.4) is 0 Å². The molecule has 2 N–H and O–H groups in total. The number of benzene rings is 1. The second-order valence-electron chi connectivity index (χ2n) is 6.67. The van der Waals surface area contributed by atoms with Gasteiger partial charge in [-0.3, -0.25) is 4.99 Å². The van der Waals surface area contributed by atoms with E-state index in [0.29, 0.717) is 0 Å². The van der Waals surface area contributed by atoms with Crippen molar-refractivity contribution >= 4 is 5.96 Å². The standard InChI is InChI=1S/C20H33N3O/c1-3-4-5-9-14-22-19(21-2)23-17-20(12-15-24-16-13-20)18-10-7-6-8-11-18/h6-8,10-11H,3-5,9,12-17H2,1-2H3,(H2,21,22,23). The Morgan fingerprint density at radius 3 is 2.50 bits per heavy atom. The van der Waals surface area contributed by atoms with Gasteiger partial charge in [0.1, 0.15) is 0 Å². The maximum Gasteiger partial charge on any atom is 0.191 e. The second kappa shape index (κ2) is 10.3. The minimum Gasteiger partial charge on any atom is -0.381 e. The van der Waals surface area contributed by atoms with Gasteiger partial charge in [0, 0.05) is 38.8 Å².